The van der Waals surface area contributed by atoms with Crippen molar-refractivity contribution in [2.24, 2.45) is 5.41 Å². The maximum Gasteiger partial charge on any atom is 0.229 e. The minimum Gasteiger partial charge on any atom is -0.387 e. The van der Waals surface area contributed by atoms with E-state index in [1.165, 1.54) is 16.7 Å². The second kappa shape index (κ2) is 6.85. The summed E-state index contributed by atoms with van der Waals surface area (Å²) in [6, 6.07) is 6.52. The maximum absolute atomic E-state index is 12.9. The summed E-state index contributed by atoms with van der Waals surface area (Å²) in [6.45, 7) is 6.31. The van der Waals surface area contributed by atoms with Crippen molar-refractivity contribution in [2.75, 3.05) is 19.6 Å². The Balaban J connectivity index is 1.61. The summed E-state index contributed by atoms with van der Waals surface area (Å²) in [5.41, 5.74) is 2.31. The Labute approximate surface area is 145 Å². The van der Waals surface area contributed by atoms with Crippen LogP contribution in [-0.2, 0) is 11.2 Å². The van der Waals surface area contributed by atoms with E-state index in [4.69, 9.17) is 0 Å². The molecule has 1 aromatic rings. The first kappa shape index (κ1) is 17.4. The summed E-state index contributed by atoms with van der Waals surface area (Å²) in [5.74, 6) is 0.0457. The van der Waals surface area contributed by atoms with Crippen molar-refractivity contribution < 1.29 is 9.90 Å². The number of amides is 1. The highest BCUT2D eigenvalue weighted by molar-refractivity contribution is 5.85. The molecule has 0 spiro atoms. The fourth-order valence-corrected chi connectivity index (χ4v) is 4.43. The third-order valence-electron chi connectivity index (χ3n) is 5.87. The Hall–Kier alpha value is -1.39. The number of hydrogen-bond donors (Lipinski definition) is 3. The standard InChI is InChI=1S/C20H30N2O2/c1-15-11-16(2)13-17(12-15)5-10-22-18(23)19(6-3-7-19)20(24)8-4-9-21-14-20/h11-13,21,24H,3-10,14H2,1-2H3,(H,22,23). The van der Waals surface area contributed by atoms with Crippen molar-refractivity contribution in [3.05, 3.63) is 34.9 Å². The number of hydrogen-bond acceptors (Lipinski definition) is 3. The normalized spacial score (nSPS) is 25.8. The van der Waals surface area contributed by atoms with E-state index in [-0.39, 0.29) is 5.91 Å². The molecular weight excluding hydrogens is 300 g/mol. The molecule has 24 heavy (non-hydrogen) atoms. The molecule has 0 radical (unpaired) electrons. The zero-order valence-corrected chi connectivity index (χ0v) is 15.0. The van der Waals surface area contributed by atoms with Gasteiger partial charge in [-0.3, -0.25) is 4.79 Å². The van der Waals surface area contributed by atoms with E-state index in [0.717, 1.165) is 45.1 Å². The molecule has 1 saturated heterocycles. The number of benzene rings is 1. The van der Waals surface area contributed by atoms with Crippen molar-refractivity contribution in [3.63, 3.8) is 0 Å². The molecule has 1 heterocycles. The van der Waals surface area contributed by atoms with E-state index >= 15 is 0 Å². The lowest BCUT2D eigenvalue weighted by Crippen LogP contribution is -2.65. The van der Waals surface area contributed by atoms with Gasteiger partial charge >= 0.3 is 0 Å². The zero-order valence-electron chi connectivity index (χ0n) is 15.0. The number of carbonyl (C=O) groups is 1. The van der Waals surface area contributed by atoms with Crippen LogP contribution >= 0.6 is 0 Å². The van der Waals surface area contributed by atoms with Crippen LogP contribution in [-0.4, -0.2) is 36.2 Å². The third-order valence-corrected chi connectivity index (χ3v) is 5.87. The summed E-state index contributed by atoms with van der Waals surface area (Å²) in [6.07, 6.45) is 5.15. The Morgan fingerprint density at radius 3 is 2.42 bits per heavy atom. The lowest BCUT2D eigenvalue weighted by atomic mass is 9.56. The summed E-state index contributed by atoms with van der Waals surface area (Å²) in [5, 5.41) is 17.5. The number of aryl methyl sites for hydroxylation is 2. The lowest BCUT2D eigenvalue weighted by Gasteiger charge is -2.53. The fourth-order valence-electron chi connectivity index (χ4n) is 4.43. The van der Waals surface area contributed by atoms with Crippen LogP contribution in [0.2, 0.25) is 0 Å². The first-order chi connectivity index (χ1) is 11.5. The minimum atomic E-state index is -0.881. The molecule has 1 saturated carbocycles. The van der Waals surface area contributed by atoms with Crippen LogP contribution in [0.25, 0.3) is 0 Å². The van der Waals surface area contributed by atoms with Gasteiger partial charge in [0.25, 0.3) is 0 Å². The van der Waals surface area contributed by atoms with Gasteiger partial charge in [0.1, 0.15) is 0 Å². The molecule has 3 N–H and O–H groups in total. The zero-order chi connectivity index (χ0) is 17.2. The van der Waals surface area contributed by atoms with E-state index in [0.29, 0.717) is 13.1 Å². The monoisotopic (exact) mass is 330 g/mol. The molecule has 1 amide bonds. The Morgan fingerprint density at radius 2 is 1.88 bits per heavy atom. The first-order valence-electron chi connectivity index (χ1n) is 9.24. The molecule has 132 valence electrons. The fraction of sp³-hybridized carbons (Fsp3) is 0.650. The summed E-state index contributed by atoms with van der Waals surface area (Å²) in [4.78, 5) is 12.9. The highest BCUT2D eigenvalue weighted by Gasteiger charge is 2.58. The topological polar surface area (TPSA) is 61.4 Å². The predicted molar refractivity (Wildman–Crippen MR) is 96.0 cm³/mol. The van der Waals surface area contributed by atoms with Crippen LogP contribution in [0.4, 0.5) is 0 Å². The van der Waals surface area contributed by atoms with Gasteiger partial charge in [0, 0.05) is 13.1 Å². The number of rotatable bonds is 5. The van der Waals surface area contributed by atoms with Crippen molar-refractivity contribution in [2.45, 2.75) is 58.0 Å². The molecule has 4 heteroatoms. The summed E-state index contributed by atoms with van der Waals surface area (Å²) < 4.78 is 0. The summed E-state index contributed by atoms with van der Waals surface area (Å²) >= 11 is 0. The summed E-state index contributed by atoms with van der Waals surface area (Å²) in [7, 11) is 0. The average molecular weight is 330 g/mol. The molecule has 1 aromatic carbocycles. The molecule has 0 aromatic heterocycles. The molecule has 1 aliphatic carbocycles. The molecule has 1 aliphatic heterocycles. The first-order valence-corrected chi connectivity index (χ1v) is 9.24. The molecule has 0 bridgehead atoms. The number of carbonyl (C=O) groups excluding carboxylic acids is 1. The van der Waals surface area contributed by atoms with Gasteiger partial charge in [-0.2, -0.15) is 0 Å². The van der Waals surface area contributed by atoms with E-state index in [2.05, 4.69) is 42.7 Å². The number of β-amino-alcohol motifs (C(OH)–C–C–N with tert-alkyl or cyclic N) is 1. The molecule has 2 aliphatic rings. The average Bonchev–Trinajstić information content (AvgIpc) is 2.45. The van der Waals surface area contributed by atoms with Gasteiger partial charge < -0.3 is 15.7 Å². The number of piperidine rings is 1. The SMILES string of the molecule is Cc1cc(C)cc(CCNC(=O)C2(C3(O)CCCNC3)CCC2)c1. The van der Waals surface area contributed by atoms with Gasteiger partial charge in [0.15, 0.2) is 0 Å². The van der Waals surface area contributed by atoms with Crippen LogP contribution < -0.4 is 10.6 Å². The lowest BCUT2D eigenvalue weighted by molar-refractivity contribution is -0.170. The number of nitrogens with one attached hydrogen (secondary N) is 2. The van der Waals surface area contributed by atoms with Crippen LogP contribution in [0.1, 0.15) is 48.8 Å². The van der Waals surface area contributed by atoms with E-state index in [1.54, 1.807) is 0 Å². The highest BCUT2D eigenvalue weighted by Crippen LogP contribution is 2.51. The Morgan fingerprint density at radius 1 is 1.17 bits per heavy atom. The predicted octanol–water partition coefficient (Wildman–Crippen LogP) is 2.25. The van der Waals surface area contributed by atoms with Gasteiger partial charge in [-0.05, 0) is 58.1 Å². The van der Waals surface area contributed by atoms with Crippen LogP contribution in [0.3, 0.4) is 0 Å². The van der Waals surface area contributed by atoms with Gasteiger partial charge in [-0.15, -0.1) is 0 Å². The largest absolute Gasteiger partial charge is 0.387 e. The van der Waals surface area contributed by atoms with E-state index in [9.17, 15) is 9.90 Å². The van der Waals surface area contributed by atoms with Crippen LogP contribution in [0.15, 0.2) is 18.2 Å². The van der Waals surface area contributed by atoms with Crippen LogP contribution in [0.5, 0.6) is 0 Å². The minimum absolute atomic E-state index is 0.0457. The van der Waals surface area contributed by atoms with E-state index in [1.807, 2.05) is 0 Å². The molecular formula is C20H30N2O2. The Kier molecular flexibility index (Phi) is 4.97. The number of aliphatic hydroxyl groups is 1. The van der Waals surface area contributed by atoms with Crippen LogP contribution in [0, 0.1) is 19.3 Å². The van der Waals surface area contributed by atoms with Gasteiger partial charge in [-0.1, -0.05) is 35.7 Å². The van der Waals surface area contributed by atoms with Crippen molar-refractivity contribution in [3.8, 4) is 0 Å². The van der Waals surface area contributed by atoms with Crippen molar-refractivity contribution >= 4 is 5.91 Å². The van der Waals surface area contributed by atoms with Gasteiger partial charge in [-0.25, -0.2) is 0 Å². The molecule has 2 fully saturated rings. The smallest absolute Gasteiger partial charge is 0.229 e. The molecule has 1 unspecified atom stereocenters. The van der Waals surface area contributed by atoms with E-state index < -0.39 is 11.0 Å². The van der Waals surface area contributed by atoms with Crippen molar-refractivity contribution in [1.82, 2.24) is 10.6 Å². The maximum atomic E-state index is 12.9. The quantitative estimate of drug-likeness (QED) is 0.776. The molecule has 3 rings (SSSR count). The second-order valence-electron chi connectivity index (χ2n) is 7.75. The molecule has 4 nitrogen and oxygen atoms in total. The second-order valence-corrected chi connectivity index (χ2v) is 7.75. The third kappa shape index (κ3) is 3.22. The molecule has 1 atom stereocenters. The van der Waals surface area contributed by atoms with Gasteiger partial charge in [0.2, 0.25) is 5.91 Å². The van der Waals surface area contributed by atoms with Crippen molar-refractivity contribution in [1.29, 1.82) is 0 Å². The highest BCUT2D eigenvalue weighted by atomic mass is 16.3. The Bertz CT molecular complexity index is 581. The van der Waals surface area contributed by atoms with Gasteiger partial charge in [0.05, 0.1) is 11.0 Å².